The Morgan fingerprint density at radius 2 is 1.93 bits per heavy atom. The lowest BCUT2D eigenvalue weighted by Crippen LogP contribution is -1.93. The van der Waals surface area contributed by atoms with Crippen LogP contribution in [0.1, 0.15) is 39.2 Å². The van der Waals surface area contributed by atoms with Gasteiger partial charge in [-0.25, -0.2) is 0 Å². The Kier molecular flexibility index (Phi) is 3.50. The summed E-state index contributed by atoms with van der Waals surface area (Å²) >= 11 is 0. The van der Waals surface area contributed by atoms with E-state index in [0.717, 1.165) is 11.1 Å². The molecule has 0 saturated carbocycles. The number of nitrogens with one attached hydrogen (secondary N) is 1. The average Bonchev–Trinajstić information content (AvgIpc) is 2.67. The molecule has 2 aromatic heterocycles. The lowest BCUT2D eigenvalue weighted by Gasteiger charge is -2.01. The molecule has 0 aliphatic carbocycles. The van der Waals surface area contributed by atoms with E-state index in [0.29, 0.717) is 11.6 Å². The first-order chi connectivity index (χ1) is 6.79. The summed E-state index contributed by atoms with van der Waals surface area (Å²) in [6, 6.07) is 0. The van der Waals surface area contributed by atoms with E-state index in [1.54, 1.807) is 6.20 Å². The Morgan fingerprint density at radius 3 is 2.57 bits per heavy atom. The van der Waals surface area contributed by atoms with Gasteiger partial charge in [-0.05, 0) is 5.92 Å². The number of aromatic nitrogens is 5. The molecule has 0 bridgehead atoms. The number of H-pyrrole nitrogens is 1. The number of aromatic amines is 1. The third kappa shape index (κ3) is 1.86. The van der Waals surface area contributed by atoms with E-state index in [-0.39, 0.29) is 0 Å². The van der Waals surface area contributed by atoms with Crippen LogP contribution in [0.25, 0.3) is 11.2 Å². The van der Waals surface area contributed by atoms with E-state index in [9.17, 15) is 0 Å². The SMILES string of the molecule is CC.CC(C)c1cnnc2n[nH]nc12. The Labute approximate surface area is 82.9 Å². The van der Waals surface area contributed by atoms with Gasteiger partial charge in [0.1, 0.15) is 5.52 Å². The van der Waals surface area contributed by atoms with Crippen LogP contribution in [0.15, 0.2) is 6.20 Å². The highest BCUT2D eigenvalue weighted by Crippen LogP contribution is 2.18. The molecule has 2 heterocycles. The van der Waals surface area contributed by atoms with Crippen LogP contribution in [-0.2, 0) is 0 Å². The fourth-order valence-corrected chi connectivity index (χ4v) is 1.12. The summed E-state index contributed by atoms with van der Waals surface area (Å²) in [5, 5.41) is 18.0. The molecule has 0 atom stereocenters. The van der Waals surface area contributed by atoms with Crippen LogP contribution >= 0.6 is 0 Å². The molecule has 0 unspecified atom stereocenters. The van der Waals surface area contributed by atoms with Crippen molar-refractivity contribution in [3.05, 3.63) is 11.8 Å². The largest absolute Gasteiger partial charge is 0.223 e. The number of nitrogens with zero attached hydrogens (tertiary/aromatic N) is 4. The predicted octanol–water partition coefficient (Wildman–Crippen LogP) is 1.90. The lowest BCUT2D eigenvalue weighted by atomic mass is 10.1. The van der Waals surface area contributed by atoms with Crippen molar-refractivity contribution in [3.8, 4) is 0 Å². The zero-order chi connectivity index (χ0) is 10.6. The molecule has 2 aromatic rings. The van der Waals surface area contributed by atoms with Crippen LogP contribution in [0.5, 0.6) is 0 Å². The Morgan fingerprint density at radius 1 is 1.21 bits per heavy atom. The second-order valence-corrected chi connectivity index (χ2v) is 2.95. The molecule has 0 amide bonds. The maximum absolute atomic E-state index is 4.00. The van der Waals surface area contributed by atoms with Crippen molar-refractivity contribution in [1.29, 1.82) is 0 Å². The van der Waals surface area contributed by atoms with Gasteiger partial charge >= 0.3 is 0 Å². The van der Waals surface area contributed by atoms with Gasteiger partial charge in [0.2, 0.25) is 5.65 Å². The van der Waals surface area contributed by atoms with Gasteiger partial charge in [-0.3, -0.25) is 0 Å². The lowest BCUT2D eigenvalue weighted by molar-refractivity contribution is 0.853. The van der Waals surface area contributed by atoms with Crippen LogP contribution in [0.4, 0.5) is 0 Å². The predicted molar refractivity (Wildman–Crippen MR) is 54.9 cm³/mol. The average molecular weight is 193 g/mol. The van der Waals surface area contributed by atoms with Gasteiger partial charge < -0.3 is 0 Å². The molecule has 2 rings (SSSR count). The standard InChI is InChI=1S/C7H9N5.C2H6/c1-4(2)5-3-8-10-7-6(5)9-12-11-7;1-2/h3-4H,1-2H3,(H,9,10,11,12);1-2H3. The minimum Gasteiger partial charge on any atom is -0.195 e. The van der Waals surface area contributed by atoms with E-state index in [2.05, 4.69) is 39.5 Å². The molecular weight excluding hydrogens is 178 g/mol. The van der Waals surface area contributed by atoms with Crippen LogP contribution in [0, 0.1) is 0 Å². The molecular formula is C9H15N5. The molecule has 76 valence electrons. The van der Waals surface area contributed by atoms with Crippen LogP contribution in [0.3, 0.4) is 0 Å². The maximum Gasteiger partial charge on any atom is 0.223 e. The van der Waals surface area contributed by atoms with Gasteiger partial charge in [0.05, 0.1) is 6.20 Å². The summed E-state index contributed by atoms with van der Waals surface area (Å²) in [6.07, 6.45) is 1.73. The first-order valence-electron chi connectivity index (χ1n) is 4.81. The van der Waals surface area contributed by atoms with E-state index in [1.807, 2.05) is 13.8 Å². The molecule has 0 spiro atoms. The second-order valence-electron chi connectivity index (χ2n) is 2.95. The molecule has 5 nitrogen and oxygen atoms in total. The van der Waals surface area contributed by atoms with Crippen LogP contribution in [0.2, 0.25) is 0 Å². The Bertz CT molecular complexity index is 393. The van der Waals surface area contributed by atoms with Crippen LogP contribution in [-0.4, -0.2) is 25.6 Å². The molecule has 0 aliphatic heterocycles. The first-order valence-corrected chi connectivity index (χ1v) is 4.81. The number of hydrogen-bond acceptors (Lipinski definition) is 4. The highest BCUT2D eigenvalue weighted by atomic mass is 15.4. The minimum atomic E-state index is 0.396. The van der Waals surface area contributed by atoms with E-state index in [1.165, 1.54) is 0 Å². The van der Waals surface area contributed by atoms with Gasteiger partial charge in [0.15, 0.2) is 0 Å². The second kappa shape index (κ2) is 4.64. The van der Waals surface area contributed by atoms with E-state index >= 15 is 0 Å². The van der Waals surface area contributed by atoms with Crippen molar-refractivity contribution in [2.45, 2.75) is 33.6 Å². The van der Waals surface area contributed by atoms with Gasteiger partial charge in [0, 0.05) is 5.56 Å². The summed E-state index contributed by atoms with van der Waals surface area (Å²) in [5.41, 5.74) is 2.48. The molecule has 0 saturated heterocycles. The van der Waals surface area contributed by atoms with Crippen molar-refractivity contribution in [3.63, 3.8) is 0 Å². The van der Waals surface area contributed by atoms with E-state index < -0.39 is 0 Å². The normalized spacial score (nSPS) is 10.1. The zero-order valence-corrected chi connectivity index (χ0v) is 8.94. The minimum absolute atomic E-state index is 0.396. The Hall–Kier alpha value is -1.52. The maximum atomic E-state index is 4.00. The summed E-state index contributed by atoms with van der Waals surface area (Å²) in [7, 11) is 0. The summed E-state index contributed by atoms with van der Waals surface area (Å²) < 4.78 is 0. The van der Waals surface area contributed by atoms with E-state index in [4.69, 9.17) is 0 Å². The van der Waals surface area contributed by atoms with Gasteiger partial charge in [-0.15, -0.1) is 10.2 Å². The fraction of sp³-hybridized carbons (Fsp3) is 0.556. The van der Waals surface area contributed by atoms with Crippen molar-refractivity contribution in [2.75, 3.05) is 0 Å². The zero-order valence-electron chi connectivity index (χ0n) is 8.94. The van der Waals surface area contributed by atoms with Gasteiger partial charge in [0.25, 0.3) is 0 Å². The molecule has 5 heteroatoms. The van der Waals surface area contributed by atoms with Crippen molar-refractivity contribution >= 4 is 11.2 Å². The number of rotatable bonds is 1. The summed E-state index contributed by atoms with van der Waals surface area (Å²) in [5.74, 6) is 0.396. The molecule has 14 heavy (non-hydrogen) atoms. The molecule has 0 fully saturated rings. The molecule has 0 aromatic carbocycles. The number of fused-ring (bicyclic) bond motifs is 1. The van der Waals surface area contributed by atoms with Gasteiger partial charge in [-0.1, -0.05) is 27.7 Å². The van der Waals surface area contributed by atoms with Crippen LogP contribution < -0.4 is 0 Å². The highest BCUT2D eigenvalue weighted by Gasteiger charge is 2.08. The topological polar surface area (TPSA) is 67.3 Å². The molecule has 0 aliphatic rings. The van der Waals surface area contributed by atoms with Gasteiger partial charge in [-0.2, -0.15) is 15.4 Å². The summed E-state index contributed by atoms with van der Waals surface area (Å²) in [6.45, 7) is 8.18. The quantitative estimate of drug-likeness (QED) is 0.751. The molecule has 0 radical (unpaired) electrons. The monoisotopic (exact) mass is 193 g/mol. The first kappa shape index (κ1) is 10.6. The van der Waals surface area contributed by atoms with Crippen molar-refractivity contribution < 1.29 is 0 Å². The third-order valence-corrected chi connectivity index (χ3v) is 1.77. The highest BCUT2D eigenvalue weighted by molar-refractivity contribution is 5.72. The van der Waals surface area contributed by atoms with Crippen molar-refractivity contribution in [2.24, 2.45) is 0 Å². The fourth-order valence-electron chi connectivity index (χ4n) is 1.12. The molecule has 1 N–H and O–H groups in total. The number of hydrogen-bond donors (Lipinski definition) is 1. The Balaban J connectivity index is 0.000000461. The third-order valence-electron chi connectivity index (χ3n) is 1.77. The summed E-state index contributed by atoms with van der Waals surface area (Å²) in [4.78, 5) is 0. The van der Waals surface area contributed by atoms with Crippen molar-refractivity contribution in [1.82, 2.24) is 25.6 Å². The smallest absolute Gasteiger partial charge is 0.195 e.